The molecule has 0 radical (unpaired) electrons. The van der Waals surface area contributed by atoms with Gasteiger partial charge in [0.15, 0.2) is 0 Å². The first-order valence-electron chi connectivity index (χ1n) is 6.81. The summed E-state index contributed by atoms with van der Waals surface area (Å²) in [5, 5.41) is 3.23. The van der Waals surface area contributed by atoms with Crippen LogP contribution in [0.15, 0.2) is 0 Å². The zero-order valence-corrected chi connectivity index (χ0v) is 10.1. The molecule has 2 unspecified atom stereocenters. The lowest BCUT2D eigenvalue weighted by molar-refractivity contribution is -0.125. The molecule has 0 aromatic carbocycles. The van der Waals surface area contributed by atoms with E-state index in [1.165, 1.54) is 38.5 Å². The fourth-order valence-electron chi connectivity index (χ4n) is 3.00. The van der Waals surface area contributed by atoms with Crippen molar-refractivity contribution in [1.29, 1.82) is 0 Å². The van der Waals surface area contributed by atoms with E-state index in [-0.39, 0.29) is 17.9 Å². The van der Waals surface area contributed by atoms with Crippen LogP contribution in [-0.4, -0.2) is 18.0 Å². The Morgan fingerprint density at radius 3 is 2.25 bits per heavy atom. The normalized spacial score (nSPS) is 32.3. The molecule has 1 amide bonds. The van der Waals surface area contributed by atoms with Crippen LogP contribution in [0.1, 0.15) is 57.8 Å². The van der Waals surface area contributed by atoms with Crippen molar-refractivity contribution in [3.05, 3.63) is 0 Å². The molecule has 2 aliphatic rings. The van der Waals surface area contributed by atoms with Gasteiger partial charge in [-0.15, -0.1) is 0 Å². The number of nitrogens with one attached hydrogen (secondary N) is 1. The van der Waals surface area contributed by atoms with Crippen molar-refractivity contribution in [2.24, 2.45) is 11.7 Å². The predicted molar refractivity (Wildman–Crippen MR) is 64.9 cm³/mol. The first-order chi connectivity index (χ1) is 7.75. The van der Waals surface area contributed by atoms with E-state index < -0.39 is 0 Å². The van der Waals surface area contributed by atoms with E-state index in [0.29, 0.717) is 6.04 Å². The number of rotatable bonds is 2. The maximum Gasteiger partial charge on any atom is 0.223 e. The molecular weight excluding hydrogens is 200 g/mol. The molecule has 2 aliphatic carbocycles. The smallest absolute Gasteiger partial charge is 0.223 e. The van der Waals surface area contributed by atoms with E-state index in [9.17, 15) is 4.79 Å². The molecule has 92 valence electrons. The van der Waals surface area contributed by atoms with E-state index in [4.69, 9.17) is 5.73 Å². The molecule has 2 rings (SSSR count). The standard InChI is InChI=1S/C13H24N2O/c14-11-8-7-10(9-11)13(16)15-12-5-3-1-2-4-6-12/h10-12H,1-9,14H2,(H,15,16). The van der Waals surface area contributed by atoms with Crippen LogP contribution in [0.5, 0.6) is 0 Å². The zero-order chi connectivity index (χ0) is 11.4. The van der Waals surface area contributed by atoms with E-state index in [1.54, 1.807) is 0 Å². The molecule has 3 heteroatoms. The third-order valence-corrected chi connectivity index (χ3v) is 4.05. The van der Waals surface area contributed by atoms with Gasteiger partial charge in [-0.25, -0.2) is 0 Å². The molecule has 2 atom stereocenters. The van der Waals surface area contributed by atoms with Gasteiger partial charge in [0.25, 0.3) is 0 Å². The summed E-state index contributed by atoms with van der Waals surface area (Å²) in [5.41, 5.74) is 5.84. The van der Waals surface area contributed by atoms with Crippen LogP contribution in [0.3, 0.4) is 0 Å². The largest absolute Gasteiger partial charge is 0.353 e. The van der Waals surface area contributed by atoms with Gasteiger partial charge in [-0.05, 0) is 32.1 Å². The predicted octanol–water partition coefficient (Wildman–Crippen LogP) is 1.95. The molecule has 2 fully saturated rings. The molecule has 0 aromatic heterocycles. The minimum atomic E-state index is 0.193. The van der Waals surface area contributed by atoms with Crippen molar-refractivity contribution >= 4 is 5.91 Å². The lowest BCUT2D eigenvalue weighted by atomic mass is 10.0. The number of amides is 1. The molecule has 16 heavy (non-hydrogen) atoms. The number of nitrogens with two attached hydrogens (primary N) is 1. The first-order valence-corrected chi connectivity index (χ1v) is 6.81. The van der Waals surface area contributed by atoms with Crippen LogP contribution in [-0.2, 0) is 4.79 Å². The summed E-state index contributed by atoms with van der Waals surface area (Å²) in [6.07, 6.45) is 10.4. The van der Waals surface area contributed by atoms with Crippen molar-refractivity contribution in [3.63, 3.8) is 0 Å². The van der Waals surface area contributed by atoms with Crippen molar-refractivity contribution in [3.8, 4) is 0 Å². The second-order valence-corrected chi connectivity index (χ2v) is 5.47. The van der Waals surface area contributed by atoms with Gasteiger partial charge in [-0.2, -0.15) is 0 Å². The van der Waals surface area contributed by atoms with Crippen LogP contribution >= 0.6 is 0 Å². The Morgan fingerprint density at radius 2 is 1.69 bits per heavy atom. The molecule has 0 saturated heterocycles. The van der Waals surface area contributed by atoms with Crippen molar-refractivity contribution < 1.29 is 4.79 Å². The van der Waals surface area contributed by atoms with Crippen LogP contribution < -0.4 is 11.1 Å². The molecule has 3 N–H and O–H groups in total. The summed E-state index contributed by atoms with van der Waals surface area (Å²) in [6.45, 7) is 0. The van der Waals surface area contributed by atoms with Gasteiger partial charge < -0.3 is 11.1 Å². The number of hydrogen-bond acceptors (Lipinski definition) is 2. The summed E-state index contributed by atoms with van der Waals surface area (Å²) in [7, 11) is 0. The van der Waals surface area contributed by atoms with E-state index in [0.717, 1.165) is 19.3 Å². The Labute approximate surface area is 98.2 Å². The summed E-state index contributed by atoms with van der Waals surface area (Å²) in [4.78, 5) is 12.0. The highest BCUT2D eigenvalue weighted by atomic mass is 16.1. The minimum absolute atomic E-state index is 0.193. The summed E-state index contributed by atoms with van der Waals surface area (Å²) in [6, 6.07) is 0.691. The SMILES string of the molecule is NC1CCC(C(=O)NC2CCCCCC2)C1. The lowest BCUT2D eigenvalue weighted by Gasteiger charge is -2.19. The number of hydrogen-bond donors (Lipinski definition) is 2. The minimum Gasteiger partial charge on any atom is -0.353 e. The van der Waals surface area contributed by atoms with Gasteiger partial charge in [0.05, 0.1) is 0 Å². The van der Waals surface area contributed by atoms with Crippen molar-refractivity contribution in [1.82, 2.24) is 5.32 Å². The summed E-state index contributed by atoms with van der Waals surface area (Å²) in [5.74, 6) is 0.457. The van der Waals surface area contributed by atoms with Gasteiger partial charge in [-0.1, -0.05) is 25.7 Å². The molecule has 0 aromatic rings. The maximum absolute atomic E-state index is 12.0. The molecule has 2 saturated carbocycles. The second-order valence-electron chi connectivity index (χ2n) is 5.47. The average molecular weight is 224 g/mol. The quantitative estimate of drug-likeness (QED) is 0.704. The molecular formula is C13H24N2O. The van der Waals surface area contributed by atoms with Gasteiger partial charge in [0, 0.05) is 18.0 Å². The Bertz CT molecular complexity index is 234. The molecule has 0 bridgehead atoms. The Kier molecular flexibility index (Phi) is 4.22. The first kappa shape index (κ1) is 11.9. The van der Waals surface area contributed by atoms with Crippen LogP contribution in [0.25, 0.3) is 0 Å². The van der Waals surface area contributed by atoms with E-state index in [1.807, 2.05) is 0 Å². The monoisotopic (exact) mass is 224 g/mol. The topological polar surface area (TPSA) is 55.1 Å². The highest BCUT2D eigenvalue weighted by Gasteiger charge is 2.28. The second kappa shape index (κ2) is 5.67. The van der Waals surface area contributed by atoms with Gasteiger partial charge in [-0.3, -0.25) is 4.79 Å². The van der Waals surface area contributed by atoms with Gasteiger partial charge >= 0.3 is 0 Å². The highest BCUT2D eigenvalue weighted by Crippen LogP contribution is 2.25. The molecule has 0 spiro atoms. The Hall–Kier alpha value is -0.570. The van der Waals surface area contributed by atoms with Gasteiger partial charge in [0.1, 0.15) is 0 Å². The Morgan fingerprint density at radius 1 is 1.00 bits per heavy atom. The Balaban J connectivity index is 1.77. The number of carbonyl (C=O) groups is 1. The van der Waals surface area contributed by atoms with Crippen LogP contribution in [0.2, 0.25) is 0 Å². The van der Waals surface area contributed by atoms with Crippen molar-refractivity contribution in [2.45, 2.75) is 69.9 Å². The lowest BCUT2D eigenvalue weighted by Crippen LogP contribution is -2.38. The fourth-order valence-corrected chi connectivity index (χ4v) is 3.00. The highest BCUT2D eigenvalue weighted by molar-refractivity contribution is 5.79. The number of carbonyl (C=O) groups excluding carboxylic acids is 1. The average Bonchev–Trinajstić information content (AvgIpc) is 2.54. The van der Waals surface area contributed by atoms with E-state index >= 15 is 0 Å². The summed E-state index contributed by atoms with van der Waals surface area (Å²) < 4.78 is 0. The van der Waals surface area contributed by atoms with Gasteiger partial charge in [0.2, 0.25) is 5.91 Å². The fraction of sp³-hybridized carbons (Fsp3) is 0.923. The molecule has 3 nitrogen and oxygen atoms in total. The maximum atomic E-state index is 12.0. The molecule has 0 aliphatic heterocycles. The summed E-state index contributed by atoms with van der Waals surface area (Å²) >= 11 is 0. The van der Waals surface area contributed by atoms with E-state index in [2.05, 4.69) is 5.32 Å². The van der Waals surface area contributed by atoms with Crippen LogP contribution in [0, 0.1) is 5.92 Å². The van der Waals surface area contributed by atoms with Crippen molar-refractivity contribution in [2.75, 3.05) is 0 Å². The zero-order valence-electron chi connectivity index (χ0n) is 10.1. The third-order valence-electron chi connectivity index (χ3n) is 4.05. The molecule has 0 heterocycles. The van der Waals surface area contributed by atoms with Crippen LogP contribution in [0.4, 0.5) is 0 Å². The third kappa shape index (κ3) is 3.21.